The highest BCUT2D eigenvalue weighted by atomic mass is 16.5. The molecule has 2 aromatic rings. The number of hydrogen-bond donors (Lipinski definition) is 1. The van der Waals surface area contributed by atoms with E-state index in [9.17, 15) is 4.79 Å². The lowest BCUT2D eigenvalue weighted by molar-refractivity contribution is 0.0332. The Balaban J connectivity index is 1.74. The number of rotatable bonds is 6. The summed E-state index contributed by atoms with van der Waals surface area (Å²) in [5.41, 5.74) is 2.95. The van der Waals surface area contributed by atoms with Crippen molar-refractivity contribution in [3.05, 3.63) is 65.2 Å². The lowest BCUT2D eigenvalue weighted by Gasteiger charge is -2.31. The molecule has 0 spiro atoms. The molecule has 1 saturated heterocycles. The van der Waals surface area contributed by atoms with E-state index in [4.69, 9.17) is 9.47 Å². The molecule has 1 atom stereocenters. The quantitative estimate of drug-likeness (QED) is 0.867. The van der Waals surface area contributed by atoms with Crippen molar-refractivity contribution in [3.63, 3.8) is 0 Å². The zero-order valence-electron chi connectivity index (χ0n) is 15.4. The van der Waals surface area contributed by atoms with Gasteiger partial charge in [-0.3, -0.25) is 9.69 Å². The Bertz CT molecular complexity index is 707. The first-order valence-electron chi connectivity index (χ1n) is 8.97. The lowest BCUT2D eigenvalue weighted by atomic mass is 10.0. The maximum absolute atomic E-state index is 12.7. The molecular formula is C21H26N2O3. The highest BCUT2D eigenvalue weighted by molar-refractivity contribution is 5.94. The predicted octanol–water partition coefficient (Wildman–Crippen LogP) is 2.81. The second kappa shape index (κ2) is 8.83. The molecule has 0 saturated carbocycles. The van der Waals surface area contributed by atoms with Crippen molar-refractivity contribution in [2.45, 2.75) is 13.0 Å². The standard InChI is InChI=1S/C21H26N2O3/c1-16-3-5-17(6-4-16)20(15-23-11-13-26-14-12-23)22-21(24)18-7-9-19(25-2)10-8-18/h3-10,20H,11-15H2,1-2H3,(H,22,24). The van der Waals surface area contributed by atoms with Crippen LogP contribution in [0.15, 0.2) is 48.5 Å². The van der Waals surface area contributed by atoms with Crippen LogP contribution in [0.5, 0.6) is 5.75 Å². The van der Waals surface area contributed by atoms with E-state index in [0.717, 1.165) is 44.2 Å². The maximum atomic E-state index is 12.7. The van der Waals surface area contributed by atoms with E-state index in [1.165, 1.54) is 5.56 Å². The van der Waals surface area contributed by atoms with Gasteiger partial charge in [0.2, 0.25) is 0 Å². The minimum Gasteiger partial charge on any atom is -0.497 e. The van der Waals surface area contributed by atoms with E-state index >= 15 is 0 Å². The monoisotopic (exact) mass is 354 g/mol. The number of morpholine rings is 1. The SMILES string of the molecule is COc1ccc(C(=O)NC(CN2CCOCC2)c2ccc(C)cc2)cc1. The summed E-state index contributed by atoms with van der Waals surface area (Å²) in [4.78, 5) is 15.1. The molecule has 1 aliphatic rings. The van der Waals surface area contributed by atoms with Crippen LogP contribution >= 0.6 is 0 Å². The fourth-order valence-electron chi connectivity index (χ4n) is 3.06. The molecule has 26 heavy (non-hydrogen) atoms. The van der Waals surface area contributed by atoms with Gasteiger partial charge in [-0.1, -0.05) is 29.8 Å². The summed E-state index contributed by atoms with van der Waals surface area (Å²) in [6.45, 7) is 6.10. The third-order valence-corrected chi connectivity index (χ3v) is 4.68. The summed E-state index contributed by atoms with van der Waals surface area (Å²) in [6.07, 6.45) is 0. The molecule has 1 aliphatic heterocycles. The number of carbonyl (C=O) groups excluding carboxylic acids is 1. The van der Waals surface area contributed by atoms with Gasteiger partial charge in [0.25, 0.3) is 5.91 Å². The number of methoxy groups -OCH3 is 1. The van der Waals surface area contributed by atoms with Crippen LogP contribution in [0.1, 0.15) is 27.5 Å². The molecule has 138 valence electrons. The van der Waals surface area contributed by atoms with E-state index in [2.05, 4.69) is 41.4 Å². The molecule has 0 aliphatic carbocycles. The minimum absolute atomic E-state index is 0.0664. The molecule has 0 radical (unpaired) electrons. The largest absolute Gasteiger partial charge is 0.497 e. The fourth-order valence-corrected chi connectivity index (χ4v) is 3.06. The normalized spacial score (nSPS) is 16.1. The average molecular weight is 354 g/mol. The Morgan fingerprint density at radius 1 is 1.12 bits per heavy atom. The van der Waals surface area contributed by atoms with Gasteiger partial charge in [-0.15, -0.1) is 0 Å². The van der Waals surface area contributed by atoms with Crippen LogP contribution in [-0.2, 0) is 4.74 Å². The number of aryl methyl sites for hydroxylation is 1. The molecule has 3 rings (SSSR count). The van der Waals surface area contributed by atoms with Crippen LogP contribution in [0.3, 0.4) is 0 Å². The Kier molecular flexibility index (Phi) is 6.26. The molecular weight excluding hydrogens is 328 g/mol. The molecule has 5 heteroatoms. The molecule has 2 aromatic carbocycles. The Labute approximate surface area is 154 Å². The van der Waals surface area contributed by atoms with Gasteiger partial charge < -0.3 is 14.8 Å². The highest BCUT2D eigenvalue weighted by Crippen LogP contribution is 2.18. The van der Waals surface area contributed by atoms with Gasteiger partial charge in [-0.2, -0.15) is 0 Å². The molecule has 0 bridgehead atoms. The van der Waals surface area contributed by atoms with Gasteiger partial charge in [0, 0.05) is 25.2 Å². The number of nitrogens with zero attached hydrogens (tertiary/aromatic N) is 1. The summed E-state index contributed by atoms with van der Waals surface area (Å²) in [7, 11) is 1.62. The van der Waals surface area contributed by atoms with E-state index in [1.54, 1.807) is 31.4 Å². The van der Waals surface area contributed by atoms with Gasteiger partial charge in [-0.25, -0.2) is 0 Å². The first-order valence-corrected chi connectivity index (χ1v) is 8.97. The van der Waals surface area contributed by atoms with Crippen molar-refractivity contribution in [3.8, 4) is 5.75 Å². The predicted molar refractivity (Wildman–Crippen MR) is 102 cm³/mol. The third kappa shape index (κ3) is 4.84. The average Bonchev–Trinajstić information content (AvgIpc) is 2.69. The molecule has 1 unspecified atom stereocenters. The molecule has 0 aromatic heterocycles. The Hall–Kier alpha value is -2.37. The van der Waals surface area contributed by atoms with Crippen molar-refractivity contribution >= 4 is 5.91 Å². The van der Waals surface area contributed by atoms with Crippen LogP contribution < -0.4 is 10.1 Å². The van der Waals surface area contributed by atoms with E-state index in [1.807, 2.05) is 0 Å². The Morgan fingerprint density at radius 3 is 2.38 bits per heavy atom. The van der Waals surface area contributed by atoms with Crippen LogP contribution in [-0.4, -0.2) is 50.8 Å². The van der Waals surface area contributed by atoms with Gasteiger partial charge in [0.15, 0.2) is 0 Å². The van der Waals surface area contributed by atoms with Gasteiger partial charge in [0.1, 0.15) is 5.75 Å². The summed E-state index contributed by atoms with van der Waals surface area (Å²) in [6, 6.07) is 15.5. The maximum Gasteiger partial charge on any atom is 0.251 e. The molecule has 1 amide bonds. The number of hydrogen-bond acceptors (Lipinski definition) is 4. The molecule has 1 heterocycles. The first kappa shape index (κ1) is 18.4. The second-order valence-corrected chi connectivity index (χ2v) is 6.58. The van der Waals surface area contributed by atoms with Crippen LogP contribution in [0.4, 0.5) is 0 Å². The van der Waals surface area contributed by atoms with Crippen molar-refractivity contribution in [1.29, 1.82) is 0 Å². The van der Waals surface area contributed by atoms with Gasteiger partial charge in [0.05, 0.1) is 26.4 Å². The van der Waals surface area contributed by atoms with Gasteiger partial charge >= 0.3 is 0 Å². The summed E-state index contributed by atoms with van der Waals surface area (Å²) < 4.78 is 10.6. The van der Waals surface area contributed by atoms with Gasteiger partial charge in [-0.05, 0) is 36.8 Å². The molecule has 5 nitrogen and oxygen atoms in total. The van der Waals surface area contributed by atoms with E-state index in [0.29, 0.717) is 5.56 Å². The highest BCUT2D eigenvalue weighted by Gasteiger charge is 2.20. The number of nitrogens with one attached hydrogen (secondary N) is 1. The minimum atomic E-state index is -0.0773. The van der Waals surface area contributed by atoms with E-state index in [-0.39, 0.29) is 11.9 Å². The fraction of sp³-hybridized carbons (Fsp3) is 0.381. The van der Waals surface area contributed by atoms with Crippen molar-refractivity contribution in [1.82, 2.24) is 10.2 Å². The summed E-state index contributed by atoms with van der Waals surface area (Å²) in [5, 5.41) is 3.19. The topological polar surface area (TPSA) is 50.8 Å². The zero-order chi connectivity index (χ0) is 18.4. The van der Waals surface area contributed by atoms with Crippen LogP contribution in [0.2, 0.25) is 0 Å². The number of ether oxygens (including phenoxy) is 2. The van der Waals surface area contributed by atoms with Crippen molar-refractivity contribution in [2.75, 3.05) is 40.0 Å². The number of amides is 1. The third-order valence-electron chi connectivity index (χ3n) is 4.68. The summed E-state index contributed by atoms with van der Waals surface area (Å²) in [5.74, 6) is 0.663. The van der Waals surface area contributed by atoms with Crippen molar-refractivity contribution < 1.29 is 14.3 Å². The van der Waals surface area contributed by atoms with E-state index < -0.39 is 0 Å². The molecule has 1 N–H and O–H groups in total. The lowest BCUT2D eigenvalue weighted by Crippen LogP contribution is -2.43. The van der Waals surface area contributed by atoms with Crippen molar-refractivity contribution in [2.24, 2.45) is 0 Å². The van der Waals surface area contributed by atoms with Crippen LogP contribution in [0, 0.1) is 6.92 Å². The van der Waals surface area contributed by atoms with Crippen LogP contribution in [0.25, 0.3) is 0 Å². The number of carbonyl (C=O) groups is 1. The summed E-state index contributed by atoms with van der Waals surface area (Å²) >= 11 is 0. The molecule has 1 fully saturated rings. The zero-order valence-corrected chi connectivity index (χ0v) is 15.4. The number of benzene rings is 2. The second-order valence-electron chi connectivity index (χ2n) is 6.58. The smallest absolute Gasteiger partial charge is 0.251 e. The Morgan fingerprint density at radius 2 is 1.77 bits per heavy atom. The first-order chi connectivity index (χ1) is 12.7.